The molecule has 0 fully saturated rings. The highest BCUT2D eigenvalue weighted by atomic mass is 16.2. The Morgan fingerprint density at radius 1 is 0.871 bits per heavy atom. The molecule has 1 unspecified atom stereocenters. The van der Waals surface area contributed by atoms with Crippen LogP contribution in [0.2, 0.25) is 0 Å². The molecule has 1 N–H and O–H groups in total. The van der Waals surface area contributed by atoms with Gasteiger partial charge in [0, 0.05) is 29.9 Å². The molecule has 3 nitrogen and oxygen atoms in total. The van der Waals surface area contributed by atoms with Gasteiger partial charge in [-0.2, -0.15) is 5.10 Å². The molecule has 1 amide bonds. The van der Waals surface area contributed by atoms with Crippen molar-refractivity contribution in [2.45, 2.75) is 44.4 Å². The smallest absolute Gasteiger partial charge is 0.240 e. The van der Waals surface area contributed by atoms with Crippen LogP contribution in [-0.4, -0.2) is 11.6 Å². The Morgan fingerprint density at radius 2 is 1.45 bits per heavy atom. The van der Waals surface area contributed by atoms with Crippen molar-refractivity contribution >= 4 is 11.6 Å². The molecule has 0 spiro atoms. The molecular formula is C28H28N2O. The number of carbonyl (C=O) groups is 1. The van der Waals surface area contributed by atoms with Gasteiger partial charge in [-0.3, -0.25) is 4.79 Å². The van der Waals surface area contributed by atoms with Crippen LogP contribution in [0.4, 0.5) is 0 Å². The van der Waals surface area contributed by atoms with E-state index >= 15 is 0 Å². The highest BCUT2D eigenvalue weighted by Gasteiger charge is 2.44. The molecule has 3 aromatic carbocycles. The number of hydrazone groups is 1. The number of rotatable bonds is 6. The maximum Gasteiger partial charge on any atom is 0.240 e. The molecular weight excluding hydrogens is 380 g/mol. The average Bonchev–Trinajstić information content (AvgIpc) is 2.83. The van der Waals surface area contributed by atoms with Gasteiger partial charge in [-0.25, -0.2) is 5.43 Å². The third-order valence-corrected chi connectivity index (χ3v) is 6.91. The van der Waals surface area contributed by atoms with E-state index in [-0.39, 0.29) is 5.91 Å². The summed E-state index contributed by atoms with van der Waals surface area (Å²) < 4.78 is 0. The van der Waals surface area contributed by atoms with Crippen LogP contribution in [0.5, 0.6) is 0 Å². The number of benzene rings is 3. The fourth-order valence-electron chi connectivity index (χ4n) is 5.43. The number of hydrogen-bond acceptors (Lipinski definition) is 2. The predicted octanol–water partition coefficient (Wildman–Crippen LogP) is 5.80. The summed E-state index contributed by atoms with van der Waals surface area (Å²) in [4.78, 5) is 12.4. The van der Waals surface area contributed by atoms with E-state index in [1.54, 1.807) is 0 Å². The summed E-state index contributed by atoms with van der Waals surface area (Å²) in [6, 6.07) is 28.0. The van der Waals surface area contributed by atoms with Gasteiger partial charge in [0.2, 0.25) is 5.91 Å². The van der Waals surface area contributed by atoms with Gasteiger partial charge in [0.25, 0.3) is 0 Å². The molecule has 2 bridgehead atoms. The molecule has 156 valence electrons. The standard InChI is InChI=1S/C28H28N2O/c1-19(29-30-27(31)17-9-12-20-10-3-2-4-11-20)25-18-26-21-13-5-7-15-23(21)28(25)24-16-8-6-14-22(24)26/h2-8,10-11,13-16,25-26,28H,9,12,17-18H2,1H3,(H,30,31)/b29-19-. The van der Waals surface area contributed by atoms with Crippen molar-refractivity contribution in [1.29, 1.82) is 0 Å². The predicted molar refractivity (Wildman–Crippen MR) is 125 cm³/mol. The van der Waals surface area contributed by atoms with Gasteiger partial charge < -0.3 is 0 Å². The third-order valence-electron chi connectivity index (χ3n) is 6.91. The minimum absolute atomic E-state index is 0.00273. The maximum atomic E-state index is 12.4. The summed E-state index contributed by atoms with van der Waals surface area (Å²) in [7, 11) is 0. The van der Waals surface area contributed by atoms with Crippen LogP contribution >= 0.6 is 0 Å². The molecule has 3 aromatic rings. The largest absolute Gasteiger partial charge is 0.273 e. The first-order chi connectivity index (χ1) is 15.2. The van der Waals surface area contributed by atoms with E-state index in [1.165, 1.54) is 27.8 Å². The monoisotopic (exact) mass is 408 g/mol. The number of fused-ring (bicyclic) bond motifs is 1. The van der Waals surface area contributed by atoms with Crippen LogP contribution in [0.3, 0.4) is 0 Å². The summed E-state index contributed by atoms with van der Waals surface area (Å²) in [5.41, 5.74) is 10.9. The maximum absolute atomic E-state index is 12.4. The quantitative estimate of drug-likeness (QED) is 0.406. The molecule has 6 rings (SSSR count). The Morgan fingerprint density at radius 3 is 2.10 bits per heavy atom. The Hall–Kier alpha value is -3.20. The average molecular weight is 409 g/mol. The van der Waals surface area contributed by atoms with E-state index < -0.39 is 0 Å². The van der Waals surface area contributed by atoms with E-state index in [4.69, 9.17) is 0 Å². The zero-order valence-corrected chi connectivity index (χ0v) is 17.9. The number of carbonyl (C=O) groups excluding carboxylic acids is 1. The SMILES string of the molecule is C/C(=N/NC(=O)CCCc1ccccc1)C1CC2c3ccccc3C1c1ccccc12. The van der Waals surface area contributed by atoms with Crippen LogP contribution in [0, 0.1) is 5.92 Å². The van der Waals surface area contributed by atoms with Gasteiger partial charge in [-0.15, -0.1) is 0 Å². The van der Waals surface area contributed by atoms with Crippen molar-refractivity contribution in [3.8, 4) is 0 Å². The van der Waals surface area contributed by atoms with Crippen molar-refractivity contribution < 1.29 is 4.79 Å². The molecule has 0 heterocycles. The fraction of sp³-hybridized carbons (Fsp3) is 0.286. The van der Waals surface area contributed by atoms with Crippen LogP contribution < -0.4 is 5.43 Å². The Labute approximate surface area is 184 Å². The molecule has 3 heteroatoms. The summed E-state index contributed by atoms with van der Waals surface area (Å²) in [5.74, 6) is 1.04. The molecule has 0 aromatic heterocycles. The summed E-state index contributed by atoms with van der Waals surface area (Å²) in [5, 5.41) is 4.56. The van der Waals surface area contributed by atoms with Crippen LogP contribution in [0.15, 0.2) is 84.0 Å². The number of nitrogens with zero attached hydrogens (tertiary/aromatic N) is 1. The van der Waals surface area contributed by atoms with Crippen LogP contribution in [0.25, 0.3) is 0 Å². The molecule has 3 aliphatic rings. The van der Waals surface area contributed by atoms with Crippen molar-refractivity contribution in [1.82, 2.24) is 5.43 Å². The Balaban J connectivity index is 1.28. The van der Waals surface area contributed by atoms with E-state index in [0.717, 1.165) is 25.0 Å². The summed E-state index contributed by atoms with van der Waals surface area (Å²) in [6.07, 6.45) is 3.29. The van der Waals surface area contributed by atoms with E-state index in [1.807, 2.05) is 18.2 Å². The third kappa shape index (κ3) is 3.81. The Kier molecular flexibility index (Phi) is 5.42. The second-order valence-corrected chi connectivity index (χ2v) is 8.76. The molecule has 1 atom stereocenters. The minimum atomic E-state index is -0.00273. The van der Waals surface area contributed by atoms with Crippen molar-refractivity contribution in [3.05, 3.63) is 107 Å². The fourth-order valence-corrected chi connectivity index (χ4v) is 5.43. The summed E-state index contributed by atoms with van der Waals surface area (Å²) >= 11 is 0. The molecule has 3 aliphatic carbocycles. The first kappa shape index (κ1) is 19.7. The normalized spacial score (nSPS) is 21.3. The highest BCUT2D eigenvalue weighted by molar-refractivity contribution is 5.88. The van der Waals surface area contributed by atoms with Gasteiger partial charge in [-0.1, -0.05) is 78.9 Å². The minimum Gasteiger partial charge on any atom is -0.273 e. The molecule has 0 saturated carbocycles. The zero-order valence-electron chi connectivity index (χ0n) is 17.9. The number of aryl methyl sites for hydroxylation is 1. The van der Waals surface area contributed by atoms with Crippen LogP contribution in [0.1, 0.15) is 65.8 Å². The Bertz CT molecular complexity index is 1070. The molecule has 31 heavy (non-hydrogen) atoms. The lowest BCUT2D eigenvalue weighted by Crippen LogP contribution is -2.36. The first-order valence-corrected chi connectivity index (χ1v) is 11.3. The van der Waals surface area contributed by atoms with Gasteiger partial charge in [0.05, 0.1) is 0 Å². The summed E-state index contributed by atoms with van der Waals surface area (Å²) in [6.45, 7) is 2.07. The van der Waals surface area contributed by atoms with Crippen molar-refractivity contribution in [3.63, 3.8) is 0 Å². The number of hydrogen-bond donors (Lipinski definition) is 1. The van der Waals surface area contributed by atoms with Gasteiger partial charge >= 0.3 is 0 Å². The highest BCUT2D eigenvalue weighted by Crippen LogP contribution is 2.55. The number of amides is 1. The molecule has 0 saturated heterocycles. The van der Waals surface area contributed by atoms with Gasteiger partial charge in [-0.05, 0) is 54.0 Å². The van der Waals surface area contributed by atoms with E-state index in [2.05, 4.69) is 78.1 Å². The lowest BCUT2D eigenvalue weighted by atomic mass is 9.58. The molecule has 0 aliphatic heterocycles. The first-order valence-electron chi connectivity index (χ1n) is 11.3. The van der Waals surface area contributed by atoms with Crippen molar-refractivity contribution in [2.75, 3.05) is 0 Å². The zero-order chi connectivity index (χ0) is 21.2. The van der Waals surface area contributed by atoms with Crippen LogP contribution in [-0.2, 0) is 11.2 Å². The van der Waals surface area contributed by atoms with Gasteiger partial charge in [0.1, 0.15) is 0 Å². The second kappa shape index (κ2) is 8.50. The van der Waals surface area contributed by atoms with Crippen molar-refractivity contribution in [2.24, 2.45) is 11.0 Å². The molecule has 0 radical (unpaired) electrons. The van der Waals surface area contributed by atoms with Gasteiger partial charge in [0.15, 0.2) is 0 Å². The topological polar surface area (TPSA) is 41.5 Å². The number of nitrogens with one attached hydrogen (secondary N) is 1. The lowest BCUT2D eigenvalue weighted by Gasteiger charge is -2.45. The second-order valence-electron chi connectivity index (χ2n) is 8.76. The van der Waals surface area contributed by atoms with E-state index in [9.17, 15) is 4.79 Å². The lowest BCUT2D eigenvalue weighted by molar-refractivity contribution is -0.121. The van der Waals surface area contributed by atoms with E-state index in [0.29, 0.717) is 24.2 Å².